The van der Waals surface area contributed by atoms with Crippen LogP contribution in [0.25, 0.3) is 0 Å². The van der Waals surface area contributed by atoms with Crippen LogP contribution in [0.3, 0.4) is 0 Å². The second kappa shape index (κ2) is 7.63. The van der Waals surface area contributed by atoms with Gasteiger partial charge in [-0.25, -0.2) is 0 Å². The van der Waals surface area contributed by atoms with Crippen LogP contribution >= 0.6 is 0 Å². The van der Waals surface area contributed by atoms with Gasteiger partial charge in [0.15, 0.2) is 6.23 Å². The highest BCUT2D eigenvalue weighted by molar-refractivity contribution is 6.60. The zero-order valence-corrected chi connectivity index (χ0v) is 15.5. The first-order valence-electron chi connectivity index (χ1n) is 7.74. The molecule has 0 aromatic heterocycles. The predicted octanol–water partition coefficient (Wildman–Crippen LogP) is 2.91. The first-order chi connectivity index (χ1) is 11.0. The van der Waals surface area contributed by atoms with E-state index in [0.29, 0.717) is 12.4 Å². The van der Waals surface area contributed by atoms with E-state index in [0.717, 1.165) is 24.2 Å². The van der Waals surface area contributed by atoms with Gasteiger partial charge in [0.25, 0.3) is 0 Å². The lowest BCUT2D eigenvalue weighted by Gasteiger charge is -2.35. The minimum atomic E-state index is -2.75. The molecule has 0 radical (unpaired) electrons. The van der Waals surface area contributed by atoms with E-state index in [2.05, 4.69) is 6.92 Å². The molecular weight excluding hydrogens is 316 g/mol. The fourth-order valence-corrected chi connectivity index (χ4v) is 3.72. The van der Waals surface area contributed by atoms with Crippen LogP contribution in [0, 0.1) is 0 Å². The van der Waals surface area contributed by atoms with E-state index >= 15 is 0 Å². The fourth-order valence-electron chi connectivity index (χ4n) is 2.53. The summed E-state index contributed by atoms with van der Waals surface area (Å²) in [5.74, 6) is 1.00. The van der Waals surface area contributed by atoms with Crippen molar-refractivity contribution in [3.8, 4) is 11.5 Å². The summed E-state index contributed by atoms with van der Waals surface area (Å²) in [4.78, 5) is 0. The summed E-state index contributed by atoms with van der Waals surface area (Å²) in [5, 5.41) is 0. The maximum absolute atomic E-state index is 5.98. The Bertz CT molecular complexity index is 511. The molecule has 1 aliphatic heterocycles. The van der Waals surface area contributed by atoms with Crippen LogP contribution in [0.15, 0.2) is 18.2 Å². The largest absolute Gasteiger partial charge is 0.539 e. The van der Waals surface area contributed by atoms with Gasteiger partial charge in [-0.1, -0.05) is 6.92 Å². The Morgan fingerprint density at radius 2 is 1.87 bits per heavy atom. The van der Waals surface area contributed by atoms with Gasteiger partial charge in [-0.05, 0) is 24.6 Å². The standard InChI is InChI=1S/C16H26O6Si/c1-6-9-16(2)21-11-13-10-14(7-8-15(13)22-16)20-12-23(17-3,18-4)19-5/h7-8,10H,6,9,11-12H2,1-5H3. The van der Waals surface area contributed by atoms with Crippen molar-refractivity contribution >= 4 is 8.80 Å². The summed E-state index contributed by atoms with van der Waals surface area (Å²) in [6, 6.07) is 5.70. The van der Waals surface area contributed by atoms with Gasteiger partial charge < -0.3 is 27.5 Å². The molecule has 0 N–H and O–H groups in total. The van der Waals surface area contributed by atoms with Crippen molar-refractivity contribution in [3.63, 3.8) is 0 Å². The van der Waals surface area contributed by atoms with Crippen LogP contribution in [0.5, 0.6) is 11.5 Å². The van der Waals surface area contributed by atoms with Gasteiger partial charge >= 0.3 is 8.80 Å². The average molecular weight is 342 g/mol. The molecule has 1 aromatic rings. The SMILES string of the molecule is CCCC1(C)OCc2cc(OC[Si](OC)(OC)OC)ccc2O1. The third-order valence-electron chi connectivity index (χ3n) is 3.94. The number of hydrogen-bond acceptors (Lipinski definition) is 6. The lowest BCUT2D eigenvalue weighted by atomic mass is 10.1. The summed E-state index contributed by atoms with van der Waals surface area (Å²) in [5.41, 5.74) is 0.968. The van der Waals surface area contributed by atoms with E-state index < -0.39 is 14.6 Å². The van der Waals surface area contributed by atoms with Crippen molar-refractivity contribution in [1.29, 1.82) is 0 Å². The molecule has 0 bridgehead atoms. The highest BCUT2D eigenvalue weighted by Crippen LogP contribution is 2.35. The zero-order chi connectivity index (χ0) is 16.9. The van der Waals surface area contributed by atoms with E-state index in [-0.39, 0.29) is 6.23 Å². The summed E-state index contributed by atoms with van der Waals surface area (Å²) in [6.07, 6.45) is 2.10. The Kier molecular flexibility index (Phi) is 6.04. The Morgan fingerprint density at radius 3 is 2.48 bits per heavy atom. The molecule has 130 valence electrons. The summed E-state index contributed by atoms with van der Waals surface area (Å²) in [7, 11) is 1.93. The van der Waals surface area contributed by atoms with Gasteiger partial charge in [-0.2, -0.15) is 0 Å². The van der Waals surface area contributed by atoms with Crippen LogP contribution in [-0.2, 0) is 24.6 Å². The fraction of sp³-hybridized carbons (Fsp3) is 0.625. The van der Waals surface area contributed by atoms with Gasteiger partial charge in [-0.15, -0.1) is 0 Å². The zero-order valence-electron chi connectivity index (χ0n) is 14.5. The van der Waals surface area contributed by atoms with Crippen LogP contribution < -0.4 is 9.47 Å². The third-order valence-corrected chi connectivity index (χ3v) is 6.31. The van der Waals surface area contributed by atoms with Crippen molar-refractivity contribution in [1.82, 2.24) is 0 Å². The molecule has 7 heteroatoms. The maximum Gasteiger partial charge on any atom is 0.539 e. The normalized spacial score (nSPS) is 20.7. The smallest absolute Gasteiger partial charge is 0.489 e. The highest BCUT2D eigenvalue weighted by atomic mass is 28.4. The second-order valence-electron chi connectivity index (χ2n) is 5.63. The molecule has 1 unspecified atom stereocenters. The molecule has 1 heterocycles. The summed E-state index contributed by atoms with van der Waals surface area (Å²) >= 11 is 0. The molecule has 0 spiro atoms. The molecule has 1 aliphatic rings. The van der Waals surface area contributed by atoms with E-state index in [9.17, 15) is 0 Å². The van der Waals surface area contributed by atoms with Crippen molar-refractivity contribution in [2.45, 2.75) is 39.1 Å². The molecule has 1 aromatic carbocycles. The van der Waals surface area contributed by atoms with Gasteiger partial charge in [0.05, 0.1) is 6.61 Å². The number of fused-ring (bicyclic) bond motifs is 1. The van der Waals surface area contributed by atoms with Crippen molar-refractivity contribution in [2.75, 3.05) is 27.6 Å². The predicted molar refractivity (Wildman–Crippen MR) is 87.4 cm³/mol. The molecule has 0 fully saturated rings. The molecule has 0 saturated heterocycles. The van der Waals surface area contributed by atoms with Crippen molar-refractivity contribution in [2.24, 2.45) is 0 Å². The minimum Gasteiger partial charge on any atom is -0.489 e. The van der Waals surface area contributed by atoms with E-state index in [1.54, 1.807) is 21.3 Å². The average Bonchev–Trinajstić information content (AvgIpc) is 2.57. The molecule has 2 rings (SSSR count). The van der Waals surface area contributed by atoms with Crippen LogP contribution in [0.2, 0.25) is 0 Å². The highest BCUT2D eigenvalue weighted by Gasteiger charge is 2.39. The molecule has 23 heavy (non-hydrogen) atoms. The molecule has 0 aliphatic carbocycles. The monoisotopic (exact) mass is 342 g/mol. The lowest BCUT2D eigenvalue weighted by molar-refractivity contribution is -0.197. The summed E-state index contributed by atoms with van der Waals surface area (Å²) < 4.78 is 33.7. The lowest BCUT2D eigenvalue weighted by Crippen LogP contribution is -2.49. The van der Waals surface area contributed by atoms with E-state index in [1.165, 1.54) is 0 Å². The van der Waals surface area contributed by atoms with Crippen LogP contribution in [0.4, 0.5) is 0 Å². The quantitative estimate of drug-likeness (QED) is 0.677. The molecular formula is C16H26O6Si. The number of rotatable bonds is 8. The number of benzene rings is 1. The van der Waals surface area contributed by atoms with E-state index in [4.69, 9.17) is 27.5 Å². The first kappa shape index (κ1) is 18.2. The van der Waals surface area contributed by atoms with Crippen molar-refractivity contribution < 1.29 is 27.5 Å². The first-order valence-corrected chi connectivity index (χ1v) is 9.67. The minimum absolute atomic E-state index is 0.241. The van der Waals surface area contributed by atoms with Crippen LogP contribution in [-0.4, -0.2) is 42.2 Å². The topological polar surface area (TPSA) is 55.4 Å². The molecule has 0 amide bonds. The Hall–Kier alpha value is -1.12. The molecule has 6 nitrogen and oxygen atoms in total. The third kappa shape index (κ3) is 4.24. The maximum atomic E-state index is 5.98. The Labute approximate surface area is 139 Å². The Balaban J connectivity index is 2.05. The van der Waals surface area contributed by atoms with Crippen LogP contribution in [0.1, 0.15) is 32.3 Å². The summed E-state index contributed by atoms with van der Waals surface area (Å²) in [6.45, 7) is 4.59. The van der Waals surface area contributed by atoms with Crippen molar-refractivity contribution in [3.05, 3.63) is 23.8 Å². The van der Waals surface area contributed by atoms with Gasteiger partial charge in [0, 0.05) is 40.2 Å². The van der Waals surface area contributed by atoms with Gasteiger partial charge in [-0.3, -0.25) is 0 Å². The molecule has 0 saturated carbocycles. The number of hydrogen-bond donors (Lipinski definition) is 0. The molecule has 1 atom stereocenters. The Morgan fingerprint density at radius 1 is 1.17 bits per heavy atom. The van der Waals surface area contributed by atoms with E-state index in [1.807, 2.05) is 25.1 Å². The van der Waals surface area contributed by atoms with Gasteiger partial charge in [0.1, 0.15) is 11.5 Å². The van der Waals surface area contributed by atoms with Gasteiger partial charge in [0.2, 0.25) is 5.79 Å². The number of ether oxygens (including phenoxy) is 3. The second-order valence-corrected chi connectivity index (χ2v) is 8.51.